The number of methoxy groups -OCH3 is 1. The number of hydrogen-bond donors (Lipinski definition) is 2. The van der Waals surface area contributed by atoms with Crippen LogP contribution in [0.1, 0.15) is 13.8 Å². The largest absolute Gasteiger partial charge is 0.495 e. The normalized spacial score (nSPS) is 11.3. The number of anilines is 2. The zero-order valence-electron chi connectivity index (χ0n) is 10.8. The molecule has 7 heteroatoms. The molecular formula is C11H19N2O4P. The summed E-state index contributed by atoms with van der Waals surface area (Å²) in [7, 11) is -1.87. The average molecular weight is 274 g/mol. The van der Waals surface area contributed by atoms with Crippen molar-refractivity contribution in [3.63, 3.8) is 0 Å². The lowest BCUT2D eigenvalue weighted by Gasteiger charge is -2.20. The third kappa shape index (κ3) is 3.91. The van der Waals surface area contributed by atoms with E-state index in [1.54, 1.807) is 32.0 Å². The van der Waals surface area contributed by atoms with Crippen molar-refractivity contribution in [3.8, 4) is 5.75 Å². The van der Waals surface area contributed by atoms with Crippen LogP contribution in [-0.4, -0.2) is 20.3 Å². The highest BCUT2D eigenvalue weighted by Crippen LogP contribution is 2.49. The monoisotopic (exact) mass is 274 g/mol. The van der Waals surface area contributed by atoms with Crippen LogP contribution in [-0.2, 0) is 13.6 Å². The molecule has 0 radical (unpaired) electrons. The Balaban J connectivity index is 2.99. The van der Waals surface area contributed by atoms with Gasteiger partial charge in [-0.3, -0.25) is 14.1 Å². The van der Waals surface area contributed by atoms with E-state index in [1.807, 2.05) is 0 Å². The quantitative estimate of drug-likeness (QED) is 0.587. The molecule has 1 aromatic carbocycles. The molecule has 1 rings (SSSR count). The molecule has 6 nitrogen and oxygen atoms in total. The molecule has 102 valence electrons. The number of nitrogens with one attached hydrogen (secondary N) is 1. The highest BCUT2D eigenvalue weighted by molar-refractivity contribution is 7.55. The number of rotatable bonds is 7. The number of benzene rings is 1. The molecule has 0 bridgehead atoms. The Morgan fingerprint density at radius 1 is 1.28 bits per heavy atom. The van der Waals surface area contributed by atoms with E-state index in [-0.39, 0.29) is 13.2 Å². The van der Waals surface area contributed by atoms with Gasteiger partial charge in [0.25, 0.3) is 0 Å². The minimum atomic E-state index is -3.39. The van der Waals surface area contributed by atoms with Crippen molar-refractivity contribution < 1.29 is 18.3 Å². The Bertz CT molecular complexity index is 429. The molecule has 0 aliphatic rings. The average Bonchev–Trinajstić information content (AvgIpc) is 2.29. The second kappa shape index (κ2) is 6.64. The molecule has 0 fully saturated rings. The third-order valence-electron chi connectivity index (χ3n) is 2.08. The highest BCUT2D eigenvalue weighted by atomic mass is 31.2. The van der Waals surface area contributed by atoms with Crippen molar-refractivity contribution in [1.29, 1.82) is 0 Å². The topological polar surface area (TPSA) is 82.8 Å². The summed E-state index contributed by atoms with van der Waals surface area (Å²) in [6.45, 7) is 4.03. The van der Waals surface area contributed by atoms with Crippen LogP contribution in [0.5, 0.6) is 5.75 Å². The minimum absolute atomic E-state index is 0.273. The zero-order chi connectivity index (χ0) is 13.6. The van der Waals surface area contributed by atoms with E-state index in [9.17, 15) is 4.57 Å². The van der Waals surface area contributed by atoms with E-state index in [0.29, 0.717) is 17.1 Å². The Kier molecular flexibility index (Phi) is 5.47. The first-order valence-corrected chi connectivity index (χ1v) is 7.19. The summed E-state index contributed by atoms with van der Waals surface area (Å²) in [5.41, 5.74) is 6.68. The van der Waals surface area contributed by atoms with Crippen LogP contribution in [0.4, 0.5) is 11.4 Å². The molecule has 18 heavy (non-hydrogen) atoms. The molecule has 0 aromatic heterocycles. The predicted octanol–water partition coefficient (Wildman–Crippen LogP) is 2.87. The maximum absolute atomic E-state index is 12.3. The molecule has 0 heterocycles. The first-order chi connectivity index (χ1) is 8.54. The summed E-state index contributed by atoms with van der Waals surface area (Å²) in [5.74, 6) is 0.517. The van der Waals surface area contributed by atoms with Crippen LogP contribution in [0, 0.1) is 0 Å². The zero-order valence-corrected chi connectivity index (χ0v) is 11.7. The lowest BCUT2D eigenvalue weighted by molar-refractivity contribution is 0.225. The van der Waals surface area contributed by atoms with Crippen LogP contribution in [0.25, 0.3) is 0 Å². The van der Waals surface area contributed by atoms with Crippen LogP contribution in [0.3, 0.4) is 0 Å². The van der Waals surface area contributed by atoms with Crippen molar-refractivity contribution in [2.45, 2.75) is 13.8 Å². The van der Waals surface area contributed by atoms with Gasteiger partial charge in [-0.15, -0.1) is 0 Å². The van der Waals surface area contributed by atoms with Crippen LogP contribution in [0.15, 0.2) is 18.2 Å². The van der Waals surface area contributed by atoms with Crippen molar-refractivity contribution >= 4 is 19.1 Å². The van der Waals surface area contributed by atoms with Gasteiger partial charge in [0.05, 0.1) is 26.0 Å². The Morgan fingerprint density at radius 3 is 2.39 bits per heavy atom. The standard InChI is InChI=1S/C11H19N2O4P/c1-4-16-18(14,17-5-2)13-10-8-9(12)6-7-11(10)15-3/h6-8H,4-5,12H2,1-3H3,(H,13,14). The van der Waals surface area contributed by atoms with Gasteiger partial charge < -0.3 is 10.5 Å². The first kappa shape index (κ1) is 14.8. The Labute approximate surface area is 107 Å². The van der Waals surface area contributed by atoms with Gasteiger partial charge in [-0.25, -0.2) is 4.57 Å². The van der Waals surface area contributed by atoms with Crippen molar-refractivity contribution in [3.05, 3.63) is 18.2 Å². The second-order valence-electron chi connectivity index (χ2n) is 3.40. The second-order valence-corrected chi connectivity index (χ2v) is 5.14. The van der Waals surface area contributed by atoms with E-state index in [0.717, 1.165) is 0 Å². The van der Waals surface area contributed by atoms with Gasteiger partial charge in [0, 0.05) is 5.69 Å². The summed E-state index contributed by atoms with van der Waals surface area (Å²) >= 11 is 0. The van der Waals surface area contributed by atoms with Gasteiger partial charge >= 0.3 is 7.75 Å². The molecule has 0 spiro atoms. The van der Waals surface area contributed by atoms with Gasteiger partial charge in [-0.05, 0) is 32.0 Å². The van der Waals surface area contributed by atoms with Gasteiger partial charge in [0.2, 0.25) is 0 Å². The molecular weight excluding hydrogens is 255 g/mol. The highest BCUT2D eigenvalue weighted by Gasteiger charge is 2.25. The molecule has 0 aliphatic carbocycles. The maximum Gasteiger partial charge on any atom is 0.432 e. The molecule has 1 aromatic rings. The van der Waals surface area contributed by atoms with E-state index in [4.69, 9.17) is 19.5 Å². The SMILES string of the molecule is CCOP(=O)(Nc1cc(N)ccc1OC)OCC. The minimum Gasteiger partial charge on any atom is -0.495 e. The fraction of sp³-hybridized carbons (Fsp3) is 0.455. The predicted molar refractivity (Wildman–Crippen MR) is 71.9 cm³/mol. The van der Waals surface area contributed by atoms with Gasteiger partial charge in [0.1, 0.15) is 5.75 Å². The van der Waals surface area contributed by atoms with Crippen LogP contribution < -0.4 is 15.6 Å². The van der Waals surface area contributed by atoms with Crippen LogP contribution >= 0.6 is 7.75 Å². The summed E-state index contributed by atoms with van der Waals surface area (Å²) in [5, 5.41) is 2.72. The fourth-order valence-corrected chi connectivity index (χ4v) is 2.76. The van der Waals surface area contributed by atoms with Crippen molar-refractivity contribution in [2.24, 2.45) is 0 Å². The summed E-state index contributed by atoms with van der Waals surface area (Å²) in [4.78, 5) is 0. The Hall–Kier alpha value is -1.23. The van der Waals surface area contributed by atoms with E-state index in [2.05, 4.69) is 5.09 Å². The lowest BCUT2D eigenvalue weighted by atomic mass is 10.2. The fourth-order valence-electron chi connectivity index (χ4n) is 1.40. The van der Waals surface area contributed by atoms with E-state index >= 15 is 0 Å². The molecule has 0 unspecified atom stereocenters. The third-order valence-corrected chi connectivity index (χ3v) is 3.79. The van der Waals surface area contributed by atoms with E-state index in [1.165, 1.54) is 7.11 Å². The molecule has 0 aliphatic heterocycles. The van der Waals surface area contributed by atoms with Gasteiger partial charge in [-0.2, -0.15) is 0 Å². The molecule has 0 saturated heterocycles. The summed E-state index contributed by atoms with van der Waals surface area (Å²) < 4.78 is 27.7. The maximum atomic E-state index is 12.3. The Morgan fingerprint density at radius 2 is 1.89 bits per heavy atom. The molecule has 0 saturated carbocycles. The van der Waals surface area contributed by atoms with E-state index < -0.39 is 7.75 Å². The van der Waals surface area contributed by atoms with Crippen LogP contribution in [0.2, 0.25) is 0 Å². The number of nitrogens with two attached hydrogens (primary N) is 1. The molecule has 0 amide bonds. The molecule has 3 N–H and O–H groups in total. The number of nitrogen functional groups attached to an aromatic ring is 1. The van der Waals surface area contributed by atoms with Gasteiger partial charge in [-0.1, -0.05) is 0 Å². The first-order valence-electron chi connectivity index (χ1n) is 5.65. The molecule has 0 atom stereocenters. The summed E-state index contributed by atoms with van der Waals surface area (Å²) in [6.07, 6.45) is 0. The smallest absolute Gasteiger partial charge is 0.432 e. The van der Waals surface area contributed by atoms with Crippen molar-refractivity contribution in [1.82, 2.24) is 0 Å². The number of ether oxygens (including phenoxy) is 1. The van der Waals surface area contributed by atoms with Crippen molar-refractivity contribution in [2.75, 3.05) is 31.1 Å². The lowest BCUT2D eigenvalue weighted by Crippen LogP contribution is -2.06. The number of hydrogen-bond acceptors (Lipinski definition) is 5. The summed E-state index contributed by atoms with van der Waals surface area (Å²) in [6, 6.07) is 4.99. The van der Waals surface area contributed by atoms with Gasteiger partial charge in [0.15, 0.2) is 0 Å².